The van der Waals surface area contributed by atoms with Gasteiger partial charge in [0.1, 0.15) is 0 Å². The van der Waals surface area contributed by atoms with Gasteiger partial charge >= 0.3 is 0 Å². The van der Waals surface area contributed by atoms with Crippen molar-refractivity contribution in [3.8, 4) is 0 Å². The number of fused-ring (bicyclic) bond motifs is 1. The van der Waals surface area contributed by atoms with Crippen LogP contribution in [0.25, 0.3) is 10.9 Å². The minimum atomic E-state index is -0.00920. The first-order valence-corrected chi connectivity index (χ1v) is 7.67. The molecule has 0 spiro atoms. The standard InChI is InChI=1S/C17H18N4O/c22-17(13-4-1-3-12-7-8-19-16(12)13)20-14-5-2-6-15(14)21-10-9-18-11-21/h1,3-4,7-11,14-15,19H,2,5-6H2,(H,20,22)/t14-,15+/m1/s1. The Morgan fingerprint density at radius 2 is 2.27 bits per heavy atom. The zero-order chi connectivity index (χ0) is 14.9. The smallest absolute Gasteiger partial charge is 0.253 e. The first-order chi connectivity index (χ1) is 10.8. The van der Waals surface area contributed by atoms with E-state index >= 15 is 0 Å². The van der Waals surface area contributed by atoms with Gasteiger partial charge in [0.15, 0.2) is 0 Å². The second kappa shape index (κ2) is 5.33. The molecule has 0 bridgehead atoms. The van der Waals surface area contributed by atoms with Gasteiger partial charge in [-0.05, 0) is 31.4 Å². The number of H-pyrrole nitrogens is 1. The van der Waals surface area contributed by atoms with Crippen molar-refractivity contribution < 1.29 is 4.79 Å². The van der Waals surface area contributed by atoms with Gasteiger partial charge in [0.25, 0.3) is 5.91 Å². The fraction of sp³-hybridized carbons (Fsp3) is 0.294. The number of benzene rings is 1. The Bertz CT molecular complexity index is 790. The largest absolute Gasteiger partial charge is 0.361 e. The lowest BCUT2D eigenvalue weighted by molar-refractivity contribution is 0.0930. The average molecular weight is 294 g/mol. The topological polar surface area (TPSA) is 62.7 Å². The first kappa shape index (κ1) is 13.1. The summed E-state index contributed by atoms with van der Waals surface area (Å²) < 4.78 is 2.10. The minimum absolute atomic E-state index is 0.00920. The van der Waals surface area contributed by atoms with E-state index in [0.29, 0.717) is 11.6 Å². The highest BCUT2D eigenvalue weighted by atomic mass is 16.1. The van der Waals surface area contributed by atoms with Gasteiger partial charge in [0.2, 0.25) is 0 Å². The Labute approximate surface area is 128 Å². The predicted molar refractivity (Wildman–Crippen MR) is 84.7 cm³/mol. The number of rotatable bonds is 3. The monoisotopic (exact) mass is 294 g/mol. The van der Waals surface area contributed by atoms with Crippen LogP contribution < -0.4 is 5.32 Å². The Hall–Kier alpha value is -2.56. The second-order valence-electron chi connectivity index (χ2n) is 5.84. The third kappa shape index (κ3) is 2.19. The van der Waals surface area contributed by atoms with E-state index in [2.05, 4.69) is 19.9 Å². The van der Waals surface area contributed by atoms with Crippen molar-refractivity contribution in [2.75, 3.05) is 0 Å². The number of imidazole rings is 1. The van der Waals surface area contributed by atoms with Gasteiger partial charge < -0.3 is 14.9 Å². The molecule has 1 fully saturated rings. The molecular weight excluding hydrogens is 276 g/mol. The number of hydrogen-bond donors (Lipinski definition) is 2. The molecule has 1 saturated carbocycles. The molecule has 0 unspecified atom stereocenters. The van der Waals surface area contributed by atoms with Crippen LogP contribution in [-0.2, 0) is 0 Å². The highest BCUT2D eigenvalue weighted by Crippen LogP contribution is 2.30. The molecule has 22 heavy (non-hydrogen) atoms. The van der Waals surface area contributed by atoms with Gasteiger partial charge in [-0.2, -0.15) is 0 Å². The molecule has 1 amide bonds. The number of nitrogens with zero attached hydrogens (tertiary/aromatic N) is 2. The number of carbonyl (C=O) groups excluding carboxylic acids is 1. The Morgan fingerprint density at radius 1 is 1.32 bits per heavy atom. The molecule has 2 atom stereocenters. The summed E-state index contributed by atoms with van der Waals surface area (Å²) in [6.45, 7) is 0. The SMILES string of the molecule is O=C(N[C@@H]1CCC[C@@H]1n1ccnc1)c1cccc2cc[nH]c12. The maximum Gasteiger partial charge on any atom is 0.253 e. The van der Waals surface area contributed by atoms with Gasteiger partial charge in [-0.25, -0.2) is 4.98 Å². The number of para-hydroxylation sites is 1. The molecule has 112 valence electrons. The van der Waals surface area contributed by atoms with Crippen LogP contribution in [0.4, 0.5) is 0 Å². The number of hydrogen-bond acceptors (Lipinski definition) is 2. The van der Waals surface area contributed by atoms with E-state index in [4.69, 9.17) is 0 Å². The van der Waals surface area contributed by atoms with Crippen LogP contribution in [0, 0.1) is 0 Å². The van der Waals surface area contributed by atoms with E-state index in [0.717, 1.165) is 30.2 Å². The van der Waals surface area contributed by atoms with Crippen LogP contribution in [-0.4, -0.2) is 26.5 Å². The average Bonchev–Trinajstić information content (AvgIpc) is 3.27. The molecule has 0 aliphatic heterocycles. The van der Waals surface area contributed by atoms with Crippen molar-refractivity contribution in [3.63, 3.8) is 0 Å². The fourth-order valence-electron chi connectivity index (χ4n) is 3.45. The Kier molecular flexibility index (Phi) is 3.18. The Morgan fingerprint density at radius 3 is 3.14 bits per heavy atom. The molecule has 5 heteroatoms. The number of aromatic nitrogens is 3. The van der Waals surface area contributed by atoms with Crippen LogP contribution in [0.15, 0.2) is 49.2 Å². The molecule has 0 radical (unpaired) electrons. The van der Waals surface area contributed by atoms with Gasteiger partial charge in [0.05, 0.1) is 23.4 Å². The van der Waals surface area contributed by atoms with E-state index in [1.165, 1.54) is 0 Å². The summed E-state index contributed by atoms with van der Waals surface area (Å²) in [5.41, 5.74) is 1.61. The van der Waals surface area contributed by atoms with E-state index < -0.39 is 0 Å². The maximum absolute atomic E-state index is 12.7. The second-order valence-corrected chi connectivity index (χ2v) is 5.84. The van der Waals surface area contributed by atoms with E-state index in [9.17, 15) is 4.79 Å². The number of aromatic amines is 1. The third-order valence-corrected chi connectivity index (χ3v) is 4.54. The van der Waals surface area contributed by atoms with Gasteiger partial charge in [-0.3, -0.25) is 4.79 Å². The zero-order valence-electron chi connectivity index (χ0n) is 12.2. The third-order valence-electron chi connectivity index (χ3n) is 4.54. The zero-order valence-corrected chi connectivity index (χ0v) is 12.2. The molecule has 2 N–H and O–H groups in total. The van der Waals surface area contributed by atoms with Crippen molar-refractivity contribution in [3.05, 3.63) is 54.7 Å². The van der Waals surface area contributed by atoms with Gasteiger partial charge in [0, 0.05) is 30.0 Å². The van der Waals surface area contributed by atoms with E-state index in [1.54, 1.807) is 6.20 Å². The molecular formula is C17H18N4O. The fourth-order valence-corrected chi connectivity index (χ4v) is 3.45. The lowest BCUT2D eigenvalue weighted by Gasteiger charge is -2.22. The first-order valence-electron chi connectivity index (χ1n) is 7.67. The summed E-state index contributed by atoms with van der Waals surface area (Å²) in [7, 11) is 0. The quantitative estimate of drug-likeness (QED) is 0.780. The van der Waals surface area contributed by atoms with Crippen molar-refractivity contribution in [2.24, 2.45) is 0 Å². The molecule has 2 heterocycles. The van der Waals surface area contributed by atoms with Crippen molar-refractivity contribution in [1.29, 1.82) is 0 Å². The molecule has 2 aromatic heterocycles. The van der Waals surface area contributed by atoms with Crippen molar-refractivity contribution in [1.82, 2.24) is 19.9 Å². The normalized spacial score (nSPS) is 21.3. The minimum Gasteiger partial charge on any atom is -0.361 e. The van der Waals surface area contributed by atoms with Gasteiger partial charge in [-0.15, -0.1) is 0 Å². The summed E-state index contributed by atoms with van der Waals surface area (Å²) in [5, 5.41) is 4.27. The molecule has 5 nitrogen and oxygen atoms in total. The number of carbonyl (C=O) groups is 1. The van der Waals surface area contributed by atoms with Crippen LogP contribution in [0.2, 0.25) is 0 Å². The number of amides is 1. The van der Waals surface area contributed by atoms with Crippen LogP contribution >= 0.6 is 0 Å². The summed E-state index contributed by atoms with van der Waals surface area (Å²) in [6.07, 6.45) is 10.7. The summed E-state index contributed by atoms with van der Waals surface area (Å²) in [4.78, 5) is 19.9. The lowest BCUT2D eigenvalue weighted by atomic mass is 10.1. The van der Waals surface area contributed by atoms with Crippen molar-refractivity contribution >= 4 is 16.8 Å². The highest BCUT2D eigenvalue weighted by molar-refractivity contribution is 6.05. The molecule has 4 rings (SSSR count). The molecule has 1 aliphatic rings. The van der Waals surface area contributed by atoms with E-state index in [-0.39, 0.29) is 11.9 Å². The van der Waals surface area contributed by atoms with E-state index in [1.807, 2.05) is 43.0 Å². The molecule has 1 aliphatic carbocycles. The Balaban J connectivity index is 1.58. The lowest BCUT2D eigenvalue weighted by Crippen LogP contribution is -2.38. The highest BCUT2D eigenvalue weighted by Gasteiger charge is 2.30. The van der Waals surface area contributed by atoms with Gasteiger partial charge in [-0.1, -0.05) is 12.1 Å². The maximum atomic E-state index is 12.7. The van der Waals surface area contributed by atoms with Crippen molar-refractivity contribution in [2.45, 2.75) is 31.3 Å². The van der Waals surface area contributed by atoms with Crippen LogP contribution in [0.5, 0.6) is 0 Å². The molecule has 0 saturated heterocycles. The number of nitrogens with one attached hydrogen (secondary N) is 2. The predicted octanol–water partition coefficient (Wildman–Crippen LogP) is 2.89. The summed E-state index contributed by atoms with van der Waals surface area (Å²) >= 11 is 0. The summed E-state index contributed by atoms with van der Waals surface area (Å²) in [6, 6.07) is 8.24. The molecule has 3 aromatic rings. The summed E-state index contributed by atoms with van der Waals surface area (Å²) in [5.74, 6) is -0.00920. The van der Waals surface area contributed by atoms with Crippen LogP contribution in [0.3, 0.4) is 0 Å². The molecule has 1 aromatic carbocycles. The van der Waals surface area contributed by atoms with Crippen LogP contribution in [0.1, 0.15) is 35.7 Å².